The smallest absolute Gasteiger partial charge is 0.230 e. The van der Waals surface area contributed by atoms with Gasteiger partial charge in [0.1, 0.15) is 5.75 Å². The summed E-state index contributed by atoms with van der Waals surface area (Å²) in [5.74, 6) is 0.903. The van der Waals surface area contributed by atoms with Gasteiger partial charge in [0.25, 0.3) is 0 Å². The third-order valence-corrected chi connectivity index (χ3v) is 3.97. The number of rotatable bonds is 2. The van der Waals surface area contributed by atoms with Gasteiger partial charge in [0.15, 0.2) is 0 Å². The number of carbonyl (C=O) groups excluding carboxylic acids is 1. The van der Waals surface area contributed by atoms with Crippen LogP contribution in [-0.4, -0.2) is 49.8 Å². The van der Waals surface area contributed by atoms with Crippen LogP contribution >= 0.6 is 0 Å². The van der Waals surface area contributed by atoms with Crippen molar-refractivity contribution in [3.63, 3.8) is 0 Å². The van der Waals surface area contributed by atoms with Gasteiger partial charge in [0.05, 0.1) is 25.2 Å². The SMILES string of the molecule is NCC1CN(C(=O)C2CCOc3ccccc32)CCO1. The zero-order valence-electron chi connectivity index (χ0n) is 11.5. The van der Waals surface area contributed by atoms with E-state index in [-0.39, 0.29) is 17.9 Å². The number of para-hydroxylation sites is 1. The first-order valence-electron chi connectivity index (χ1n) is 7.12. The second-order valence-electron chi connectivity index (χ2n) is 5.24. The lowest BCUT2D eigenvalue weighted by Crippen LogP contribution is -2.49. The molecule has 2 unspecified atom stereocenters. The van der Waals surface area contributed by atoms with Crippen molar-refractivity contribution < 1.29 is 14.3 Å². The van der Waals surface area contributed by atoms with Gasteiger partial charge in [-0.2, -0.15) is 0 Å². The molecule has 5 nitrogen and oxygen atoms in total. The number of fused-ring (bicyclic) bond motifs is 1. The number of nitrogens with two attached hydrogens (primary N) is 1. The van der Waals surface area contributed by atoms with Gasteiger partial charge in [-0.3, -0.25) is 4.79 Å². The highest BCUT2D eigenvalue weighted by Crippen LogP contribution is 2.34. The molecule has 1 amide bonds. The molecule has 0 bridgehead atoms. The predicted octanol–water partition coefficient (Wildman–Crippen LogP) is 0.739. The lowest BCUT2D eigenvalue weighted by molar-refractivity contribution is -0.140. The number of nitrogens with zero attached hydrogens (tertiary/aromatic N) is 1. The first-order valence-corrected chi connectivity index (χ1v) is 7.12. The monoisotopic (exact) mass is 276 g/mol. The molecule has 2 atom stereocenters. The van der Waals surface area contributed by atoms with E-state index in [0.29, 0.717) is 32.8 Å². The minimum atomic E-state index is -0.100. The van der Waals surface area contributed by atoms with Gasteiger partial charge < -0.3 is 20.1 Å². The maximum atomic E-state index is 12.8. The molecular weight excluding hydrogens is 256 g/mol. The Morgan fingerprint density at radius 1 is 1.35 bits per heavy atom. The Balaban J connectivity index is 1.78. The maximum Gasteiger partial charge on any atom is 0.230 e. The van der Waals surface area contributed by atoms with E-state index in [1.165, 1.54) is 0 Å². The topological polar surface area (TPSA) is 64.8 Å². The zero-order chi connectivity index (χ0) is 13.9. The molecule has 0 aliphatic carbocycles. The lowest BCUT2D eigenvalue weighted by Gasteiger charge is -2.36. The summed E-state index contributed by atoms with van der Waals surface area (Å²) in [7, 11) is 0. The van der Waals surface area contributed by atoms with E-state index in [1.54, 1.807) is 0 Å². The fraction of sp³-hybridized carbons (Fsp3) is 0.533. The molecule has 1 fully saturated rings. The fourth-order valence-electron chi connectivity index (χ4n) is 2.88. The average molecular weight is 276 g/mol. The first kappa shape index (κ1) is 13.4. The fourth-order valence-corrected chi connectivity index (χ4v) is 2.88. The van der Waals surface area contributed by atoms with E-state index in [1.807, 2.05) is 29.2 Å². The van der Waals surface area contributed by atoms with E-state index in [4.69, 9.17) is 15.2 Å². The van der Waals surface area contributed by atoms with E-state index in [0.717, 1.165) is 17.7 Å². The number of amides is 1. The molecular formula is C15H20N2O3. The van der Waals surface area contributed by atoms with Crippen LogP contribution in [0.5, 0.6) is 5.75 Å². The minimum Gasteiger partial charge on any atom is -0.493 e. The van der Waals surface area contributed by atoms with Crippen LogP contribution in [0.15, 0.2) is 24.3 Å². The summed E-state index contributed by atoms with van der Waals surface area (Å²) in [6.07, 6.45) is 0.698. The normalized spacial score (nSPS) is 25.8. The largest absolute Gasteiger partial charge is 0.493 e. The first-order chi connectivity index (χ1) is 9.79. The molecule has 2 heterocycles. The maximum absolute atomic E-state index is 12.8. The third-order valence-electron chi connectivity index (χ3n) is 3.97. The Labute approximate surface area is 118 Å². The Bertz CT molecular complexity index is 492. The van der Waals surface area contributed by atoms with E-state index in [2.05, 4.69) is 0 Å². The summed E-state index contributed by atoms with van der Waals surface area (Å²) >= 11 is 0. The summed E-state index contributed by atoms with van der Waals surface area (Å²) in [4.78, 5) is 14.6. The van der Waals surface area contributed by atoms with Crippen LogP contribution in [0.2, 0.25) is 0 Å². The molecule has 3 rings (SSSR count). The quantitative estimate of drug-likeness (QED) is 0.865. The van der Waals surface area contributed by atoms with Crippen LogP contribution in [0.3, 0.4) is 0 Å². The molecule has 0 radical (unpaired) electrons. The van der Waals surface area contributed by atoms with Gasteiger partial charge in [-0.1, -0.05) is 18.2 Å². The number of benzene rings is 1. The van der Waals surface area contributed by atoms with E-state index < -0.39 is 0 Å². The summed E-state index contributed by atoms with van der Waals surface area (Å²) in [5.41, 5.74) is 6.64. The van der Waals surface area contributed by atoms with Gasteiger partial charge in [-0.25, -0.2) is 0 Å². The highest BCUT2D eigenvalue weighted by atomic mass is 16.5. The van der Waals surface area contributed by atoms with Gasteiger partial charge in [-0.15, -0.1) is 0 Å². The van der Waals surface area contributed by atoms with Crippen LogP contribution in [0.4, 0.5) is 0 Å². The number of ether oxygens (including phenoxy) is 2. The van der Waals surface area contributed by atoms with Crippen molar-refractivity contribution in [3.8, 4) is 5.75 Å². The van der Waals surface area contributed by atoms with Crippen molar-refractivity contribution >= 4 is 5.91 Å². The molecule has 5 heteroatoms. The Hall–Kier alpha value is -1.59. The highest BCUT2D eigenvalue weighted by molar-refractivity contribution is 5.85. The number of hydrogen-bond acceptors (Lipinski definition) is 4. The van der Waals surface area contributed by atoms with Crippen molar-refractivity contribution in [2.75, 3.05) is 32.8 Å². The minimum absolute atomic E-state index is 0.0391. The standard InChI is InChI=1S/C15H20N2O3/c16-9-11-10-17(6-8-19-11)15(18)13-5-7-20-14-4-2-1-3-12(13)14/h1-4,11,13H,5-10,16H2. The van der Waals surface area contributed by atoms with Crippen molar-refractivity contribution in [2.24, 2.45) is 5.73 Å². The zero-order valence-corrected chi connectivity index (χ0v) is 11.5. The molecule has 20 heavy (non-hydrogen) atoms. The molecule has 2 aliphatic heterocycles. The van der Waals surface area contributed by atoms with Crippen LogP contribution < -0.4 is 10.5 Å². The van der Waals surface area contributed by atoms with E-state index >= 15 is 0 Å². The Morgan fingerprint density at radius 3 is 3.05 bits per heavy atom. The van der Waals surface area contributed by atoms with E-state index in [9.17, 15) is 4.79 Å². The van der Waals surface area contributed by atoms with Crippen LogP contribution in [0.25, 0.3) is 0 Å². The highest BCUT2D eigenvalue weighted by Gasteiger charge is 2.33. The predicted molar refractivity (Wildman–Crippen MR) is 74.7 cm³/mol. The summed E-state index contributed by atoms with van der Waals surface area (Å²) < 4.78 is 11.1. The van der Waals surface area contributed by atoms with Gasteiger partial charge in [-0.05, 0) is 12.5 Å². The second kappa shape index (κ2) is 5.81. The molecule has 0 spiro atoms. The molecule has 108 valence electrons. The van der Waals surface area contributed by atoms with Crippen molar-refractivity contribution in [2.45, 2.75) is 18.4 Å². The molecule has 2 N–H and O–H groups in total. The average Bonchev–Trinajstić information content (AvgIpc) is 2.53. The molecule has 1 saturated heterocycles. The molecule has 1 aromatic carbocycles. The van der Waals surface area contributed by atoms with Gasteiger partial charge >= 0.3 is 0 Å². The number of hydrogen-bond donors (Lipinski definition) is 1. The second-order valence-corrected chi connectivity index (χ2v) is 5.24. The van der Waals surface area contributed by atoms with Crippen molar-refractivity contribution in [3.05, 3.63) is 29.8 Å². The van der Waals surface area contributed by atoms with Gasteiger partial charge in [0, 0.05) is 25.2 Å². The number of carbonyl (C=O) groups is 1. The summed E-state index contributed by atoms with van der Waals surface area (Å²) in [6.45, 7) is 2.86. The van der Waals surface area contributed by atoms with Crippen LogP contribution in [0, 0.1) is 0 Å². The lowest BCUT2D eigenvalue weighted by atomic mass is 9.91. The molecule has 0 aromatic heterocycles. The van der Waals surface area contributed by atoms with Crippen LogP contribution in [-0.2, 0) is 9.53 Å². The summed E-state index contributed by atoms with van der Waals surface area (Å²) in [5, 5.41) is 0. The van der Waals surface area contributed by atoms with Crippen molar-refractivity contribution in [1.82, 2.24) is 4.90 Å². The summed E-state index contributed by atoms with van der Waals surface area (Å²) in [6, 6.07) is 7.80. The Kier molecular flexibility index (Phi) is 3.89. The third kappa shape index (κ3) is 2.51. The van der Waals surface area contributed by atoms with Gasteiger partial charge in [0.2, 0.25) is 5.91 Å². The van der Waals surface area contributed by atoms with Crippen molar-refractivity contribution in [1.29, 1.82) is 0 Å². The molecule has 1 aromatic rings. The van der Waals surface area contributed by atoms with Crippen LogP contribution in [0.1, 0.15) is 17.9 Å². The Morgan fingerprint density at radius 2 is 2.20 bits per heavy atom. The molecule has 0 saturated carbocycles. The molecule has 2 aliphatic rings. The number of morpholine rings is 1.